The van der Waals surface area contributed by atoms with Gasteiger partial charge < -0.3 is 9.84 Å². The maximum absolute atomic E-state index is 10.9. The molecule has 0 spiro atoms. The van der Waals surface area contributed by atoms with Crippen LogP contribution in [0.4, 0.5) is 0 Å². The van der Waals surface area contributed by atoms with Crippen LogP contribution >= 0.6 is 15.9 Å². The van der Waals surface area contributed by atoms with E-state index in [9.17, 15) is 4.79 Å². The monoisotopic (exact) mass is 321 g/mol. The van der Waals surface area contributed by atoms with Crippen LogP contribution in [0.2, 0.25) is 0 Å². The molecule has 1 aromatic carbocycles. The lowest BCUT2D eigenvalue weighted by atomic mass is 10.1. The standard InChI is InChI=1S/C14H12BrNO3/c1-8-5-10(14(17)18)3-4-12(8)19-13-9(2)6-11(15)7-16-13/h3-7H,1-2H3,(H,17,18). The molecule has 2 aromatic rings. The van der Waals surface area contributed by atoms with Crippen LogP contribution in [0.3, 0.4) is 0 Å². The summed E-state index contributed by atoms with van der Waals surface area (Å²) in [5.41, 5.74) is 1.89. The molecule has 0 aliphatic rings. The van der Waals surface area contributed by atoms with Crippen LogP contribution in [0.15, 0.2) is 34.9 Å². The number of ether oxygens (including phenoxy) is 1. The second-order valence-corrected chi connectivity index (χ2v) is 5.08. The Morgan fingerprint density at radius 2 is 2.00 bits per heavy atom. The van der Waals surface area contributed by atoms with Gasteiger partial charge in [-0.2, -0.15) is 0 Å². The Morgan fingerprint density at radius 3 is 2.58 bits per heavy atom. The van der Waals surface area contributed by atoms with Gasteiger partial charge in [-0.3, -0.25) is 0 Å². The first kappa shape index (κ1) is 13.5. The molecule has 4 nitrogen and oxygen atoms in total. The summed E-state index contributed by atoms with van der Waals surface area (Å²) >= 11 is 3.34. The zero-order chi connectivity index (χ0) is 14.0. The zero-order valence-corrected chi connectivity index (χ0v) is 12.1. The van der Waals surface area contributed by atoms with Crippen LogP contribution in [-0.4, -0.2) is 16.1 Å². The summed E-state index contributed by atoms with van der Waals surface area (Å²) in [4.78, 5) is 15.0. The number of pyridine rings is 1. The number of benzene rings is 1. The number of hydrogen-bond acceptors (Lipinski definition) is 3. The van der Waals surface area contributed by atoms with Gasteiger partial charge in [0, 0.05) is 16.2 Å². The van der Waals surface area contributed by atoms with Gasteiger partial charge >= 0.3 is 5.97 Å². The number of nitrogens with zero attached hydrogens (tertiary/aromatic N) is 1. The van der Waals surface area contributed by atoms with Gasteiger partial charge in [0.2, 0.25) is 5.88 Å². The Balaban J connectivity index is 2.31. The van der Waals surface area contributed by atoms with Crippen LogP contribution in [-0.2, 0) is 0 Å². The van der Waals surface area contributed by atoms with E-state index < -0.39 is 5.97 Å². The summed E-state index contributed by atoms with van der Waals surface area (Å²) in [5, 5.41) is 8.91. The van der Waals surface area contributed by atoms with Gasteiger partial charge in [0.1, 0.15) is 5.75 Å². The summed E-state index contributed by atoms with van der Waals surface area (Å²) in [5.74, 6) is 0.157. The molecule has 2 rings (SSSR count). The second-order valence-electron chi connectivity index (χ2n) is 4.16. The number of aromatic carboxylic acids is 1. The number of aromatic nitrogens is 1. The van der Waals surface area contributed by atoms with Gasteiger partial charge in [-0.1, -0.05) is 0 Å². The molecule has 0 bridgehead atoms. The topological polar surface area (TPSA) is 59.4 Å². The second kappa shape index (κ2) is 5.40. The summed E-state index contributed by atoms with van der Waals surface area (Å²) in [7, 11) is 0. The predicted molar refractivity (Wildman–Crippen MR) is 74.9 cm³/mol. The van der Waals surface area contributed by atoms with Gasteiger partial charge in [-0.05, 0) is 59.6 Å². The Labute approximate surface area is 119 Å². The highest BCUT2D eigenvalue weighted by Crippen LogP contribution is 2.27. The minimum atomic E-state index is -0.951. The van der Waals surface area contributed by atoms with Crippen LogP contribution in [0.5, 0.6) is 11.6 Å². The smallest absolute Gasteiger partial charge is 0.335 e. The maximum atomic E-state index is 10.9. The molecule has 0 radical (unpaired) electrons. The lowest BCUT2D eigenvalue weighted by Crippen LogP contribution is -1.98. The van der Waals surface area contributed by atoms with Crippen molar-refractivity contribution in [1.82, 2.24) is 4.98 Å². The number of halogens is 1. The predicted octanol–water partition coefficient (Wildman–Crippen LogP) is 3.95. The van der Waals surface area contributed by atoms with Crippen molar-refractivity contribution in [2.45, 2.75) is 13.8 Å². The molecular formula is C14H12BrNO3. The number of rotatable bonds is 3. The third kappa shape index (κ3) is 3.12. The molecule has 5 heteroatoms. The minimum Gasteiger partial charge on any atom is -0.478 e. The van der Waals surface area contributed by atoms with E-state index in [1.807, 2.05) is 13.0 Å². The molecule has 0 atom stereocenters. The van der Waals surface area contributed by atoms with E-state index in [0.29, 0.717) is 11.6 Å². The van der Waals surface area contributed by atoms with E-state index >= 15 is 0 Å². The fourth-order valence-electron chi connectivity index (χ4n) is 1.64. The van der Waals surface area contributed by atoms with Crippen molar-refractivity contribution in [2.24, 2.45) is 0 Å². The summed E-state index contributed by atoms with van der Waals surface area (Å²) in [6.07, 6.45) is 1.66. The molecule has 0 saturated heterocycles. The Bertz CT molecular complexity index is 641. The van der Waals surface area contributed by atoms with Gasteiger partial charge in [0.05, 0.1) is 5.56 Å². The molecule has 0 unspecified atom stereocenters. The Hall–Kier alpha value is -1.88. The van der Waals surface area contributed by atoms with Crippen LogP contribution in [0.1, 0.15) is 21.5 Å². The molecule has 0 amide bonds. The number of hydrogen-bond donors (Lipinski definition) is 1. The van der Waals surface area contributed by atoms with E-state index in [2.05, 4.69) is 20.9 Å². The SMILES string of the molecule is Cc1cc(C(=O)O)ccc1Oc1ncc(Br)cc1C. The Kier molecular flexibility index (Phi) is 3.85. The fourth-order valence-corrected chi connectivity index (χ4v) is 2.08. The Morgan fingerprint density at radius 1 is 1.26 bits per heavy atom. The molecule has 98 valence electrons. The molecule has 1 heterocycles. The average Bonchev–Trinajstić information content (AvgIpc) is 2.34. The quantitative estimate of drug-likeness (QED) is 0.929. The van der Waals surface area contributed by atoms with Crippen molar-refractivity contribution < 1.29 is 14.6 Å². The maximum Gasteiger partial charge on any atom is 0.335 e. The fraction of sp³-hybridized carbons (Fsp3) is 0.143. The van der Waals surface area contributed by atoms with Gasteiger partial charge in [0.15, 0.2) is 0 Å². The summed E-state index contributed by atoms with van der Waals surface area (Å²) in [6, 6.07) is 6.63. The highest BCUT2D eigenvalue weighted by Gasteiger charge is 2.09. The molecule has 1 N–H and O–H groups in total. The van der Waals surface area contributed by atoms with E-state index in [1.165, 1.54) is 6.07 Å². The highest BCUT2D eigenvalue weighted by atomic mass is 79.9. The van der Waals surface area contributed by atoms with Crippen molar-refractivity contribution in [3.8, 4) is 11.6 Å². The van der Waals surface area contributed by atoms with Crippen LogP contribution in [0.25, 0.3) is 0 Å². The van der Waals surface area contributed by atoms with E-state index in [-0.39, 0.29) is 5.56 Å². The molecule has 1 aromatic heterocycles. The number of carboxylic acid groups (broad SMARTS) is 1. The first-order valence-corrected chi connectivity index (χ1v) is 6.40. The number of aryl methyl sites for hydroxylation is 2. The molecular weight excluding hydrogens is 310 g/mol. The van der Waals surface area contributed by atoms with Gasteiger partial charge in [0.25, 0.3) is 0 Å². The van der Waals surface area contributed by atoms with Crippen molar-refractivity contribution >= 4 is 21.9 Å². The molecule has 19 heavy (non-hydrogen) atoms. The third-order valence-corrected chi connectivity index (χ3v) is 3.06. The van der Waals surface area contributed by atoms with Crippen molar-refractivity contribution in [3.05, 3.63) is 51.6 Å². The van der Waals surface area contributed by atoms with Gasteiger partial charge in [-0.25, -0.2) is 9.78 Å². The molecule has 0 saturated carbocycles. The molecule has 0 aliphatic carbocycles. The number of carbonyl (C=O) groups is 1. The lowest BCUT2D eigenvalue weighted by molar-refractivity contribution is 0.0697. The van der Waals surface area contributed by atoms with Gasteiger partial charge in [-0.15, -0.1) is 0 Å². The van der Waals surface area contributed by atoms with E-state index in [0.717, 1.165) is 15.6 Å². The normalized spacial score (nSPS) is 10.3. The first-order chi connectivity index (χ1) is 8.97. The average molecular weight is 322 g/mol. The summed E-state index contributed by atoms with van der Waals surface area (Å²) < 4.78 is 6.59. The largest absolute Gasteiger partial charge is 0.478 e. The van der Waals surface area contributed by atoms with Crippen LogP contribution in [0, 0.1) is 13.8 Å². The molecule has 0 fully saturated rings. The first-order valence-electron chi connectivity index (χ1n) is 5.61. The molecule has 0 aliphatic heterocycles. The number of carboxylic acids is 1. The van der Waals surface area contributed by atoms with Crippen LogP contribution < -0.4 is 4.74 Å². The summed E-state index contributed by atoms with van der Waals surface area (Å²) in [6.45, 7) is 3.70. The van der Waals surface area contributed by atoms with E-state index in [4.69, 9.17) is 9.84 Å². The third-order valence-electron chi connectivity index (χ3n) is 2.63. The highest BCUT2D eigenvalue weighted by molar-refractivity contribution is 9.10. The minimum absolute atomic E-state index is 0.241. The van der Waals surface area contributed by atoms with Crippen molar-refractivity contribution in [1.29, 1.82) is 0 Å². The van der Waals surface area contributed by atoms with Crippen molar-refractivity contribution in [3.63, 3.8) is 0 Å². The lowest BCUT2D eigenvalue weighted by Gasteiger charge is -2.10. The van der Waals surface area contributed by atoms with Crippen molar-refractivity contribution in [2.75, 3.05) is 0 Å². The van der Waals surface area contributed by atoms with E-state index in [1.54, 1.807) is 25.3 Å². The zero-order valence-electron chi connectivity index (χ0n) is 10.5.